The molecule has 1 rings (SSSR count). The standard InChI is InChI=1S/C14H12F3NO/c15-14(16,17)12-9-7-11(8-10-12)5-3-1-2-4-6-13(18)19/h4,6-10H,1-2H2,(H2,18,19). The summed E-state index contributed by atoms with van der Waals surface area (Å²) in [6.45, 7) is 0. The molecule has 1 amide bonds. The molecule has 2 N–H and O–H groups in total. The van der Waals surface area contributed by atoms with E-state index in [0.717, 1.165) is 12.1 Å². The summed E-state index contributed by atoms with van der Waals surface area (Å²) in [4.78, 5) is 10.4. The number of carbonyl (C=O) groups excluding carboxylic acids is 1. The van der Waals surface area contributed by atoms with Gasteiger partial charge in [-0.1, -0.05) is 17.9 Å². The third kappa shape index (κ3) is 5.77. The fourth-order valence-corrected chi connectivity index (χ4v) is 1.26. The zero-order chi connectivity index (χ0) is 14.3. The lowest BCUT2D eigenvalue weighted by molar-refractivity contribution is -0.137. The molecule has 19 heavy (non-hydrogen) atoms. The number of nitrogens with two attached hydrogens (primary N) is 1. The Morgan fingerprint density at radius 2 is 1.89 bits per heavy atom. The van der Waals surface area contributed by atoms with Crippen LogP contribution in [0.4, 0.5) is 13.2 Å². The second-order valence-electron chi connectivity index (χ2n) is 3.72. The fraction of sp³-hybridized carbons (Fsp3) is 0.214. The number of hydrogen-bond donors (Lipinski definition) is 1. The van der Waals surface area contributed by atoms with Crippen LogP contribution in [0.15, 0.2) is 36.4 Å². The smallest absolute Gasteiger partial charge is 0.366 e. The molecular weight excluding hydrogens is 255 g/mol. The van der Waals surface area contributed by atoms with Crippen molar-refractivity contribution in [2.45, 2.75) is 19.0 Å². The molecule has 2 nitrogen and oxygen atoms in total. The van der Waals surface area contributed by atoms with Crippen LogP contribution in [0.1, 0.15) is 24.0 Å². The van der Waals surface area contributed by atoms with Gasteiger partial charge in [0.25, 0.3) is 0 Å². The molecule has 0 radical (unpaired) electrons. The molecule has 0 bridgehead atoms. The normalized spacial score (nSPS) is 11.1. The molecule has 0 fully saturated rings. The first-order chi connectivity index (χ1) is 8.89. The van der Waals surface area contributed by atoms with Crippen LogP contribution in [0, 0.1) is 11.8 Å². The largest absolute Gasteiger partial charge is 0.416 e. The van der Waals surface area contributed by atoms with Gasteiger partial charge in [0, 0.05) is 12.0 Å². The molecule has 0 aliphatic heterocycles. The van der Waals surface area contributed by atoms with Crippen molar-refractivity contribution in [3.05, 3.63) is 47.5 Å². The third-order valence-corrected chi connectivity index (χ3v) is 2.16. The van der Waals surface area contributed by atoms with Gasteiger partial charge in [-0.15, -0.1) is 0 Å². The lowest BCUT2D eigenvalue weighted by Gasteiger charge is -2.05. The number of rotatable bonds is 3. The van der Waals surface area contributed by atoms with E-state index in [9.17, 15) is 18.0 Å². The molecule has 0 atom stereocenters. The first-order valence-corrected chi connectivity index (χ1v) is 5.51. The van der Waals surface area contributed by atoms with Crippen molar-refractivity contribution in [2.75, 3.05) is 0 Å². The third-order valence-electron chi connectivity index (χ3n) is 2.16. The predicted molar refractivity (Wildman–Crippen MR) is 65.9 cm³/mol. The Bertz CT molecular complexity index is 518. The second-order valence-corrected chi connectivity index (χ2v) is 3.72. The lowest BCUT2D eigenvalue weighted by atomic mass is 10.1. The number of carbonyl (C=O) groups is 1. The highest BCUT2D eigenvalue weighted by molar-refractivity contribution is 5.85. The Hall–Kier alpha value is -2.22. The Morgan fingerprint density at radius 1 is 1.26 bits per heavy atom. The molecule has 0 saturated heterocycles. The maximum atomic E-state index is 12.3. The summed E-state index contributed by atoms with van der Waals surface area (Å²) < 4.78 is 36.9. The number of allylic oxidation sites excluding steroid dienone is 1. The van der Waals surface area contributed by atoms with Gasteiger partial charge in [0.15, 0.2) is 0 Å². The van der Waals surface area contributed by atoms with Crippen molar-refractivity contribution in [3.63, 3.8) is 0 Å². The topological polar surface area (TPSA) is 43.1 Å². The van der Waals surface area contributed by atoms with Crippen molar-refractivity contribution >= 4 is 5.91 Å². The van der Waals surface area contributed by atoms with Gasteiger partial charge in [-0.3, -0.25) is 4.79 Å². The lowest BCUT2D eigenvalue weighted by Crippen LogP contribution is -2.05. The number of benzene rings is 1. The Kier molecular flexibility index (Phi) is 5.19. The summed E-state index contributed by atoms with van der Waals surface area (Å²) >= 11 is 0. The summed E-state index contributed by atoms with van der Waals surface area (Å²) in [5, 5.41) is 0. The van der Waals surface area contributed by atoms with Crippen LogP contribution >= 0.6 is 0 Å². The van der Waals surface area contributed by atoms with E-state index in [-0.39, 0.29) is 0 Å². The van der Waals surface area contributed by atoms with Crippen molar-refractivity contribution < 1.29 is 18.0 Å². The summed E-state index contributed by atoms with van der Waals surface area (Å²) in [6, 6.07) is 4.65. The van der Waals surface area contributed by atoms with Crippen LogP contribution in [-0.4, -0.2) is 5.91 Å². The SMILES string of the molecule is NC(=O)C=CCCC#Cc1ccc(C(F)(F)F)cc1. The molecule has 0 spiro atoms. The highest BCUT2D eigenvalue weighted by Crippen LogP contribution is 2.28. The first-order valence-electron chi connectivity index (χ1n) is 5.51. The molecule has 0 aliphatic rings. The molecule has 5 heteroatoms. The molecule has 0 aliphatic carbocycles. The van der Waals surface area contributed by atoms with Crippen molar-refractivity contribution in [3.8, 4) is 11.8 Å². The number of amides is 1. The van der Waals surface area contributed by atoms with E-state index in [2.05, 4.69) is 11.8 Å². The van der Waals surface area contributed by atoms with Crippen LogP contribution in [0.25, 0.3) is 0 Å². The molecule has 1 aromatic carbocycles. The number of hydrogen-bond acceptors (Lipinski definition) is 1. The van der Waals surface area contributed by atoms with Crippen molar-refractivity contribution in [2.24, 2.45) is 5.73 Å². The summed E-state index contributed by atoms with van der Waals surface area (Å²) in [7, 11) is 0. The minimum Gasteiger partial charge on any atom is -0.366 e. The summed E-state index contributed by atoms with van der Waals surface area (Å²) in [5.41, 5.74) is 4.72. The molecule has 0 saturated carbocycles. The highest BCUT2D eigenvalue weighted by Gasteiger charge is 2.29. The predicted octanol–water partition coefficient (Wildman–Crippen LogP) is 2.88. The van der Waals surface area contributed by atoms with E-state index < -0.39 is 17.6 Å². The summed E-state index contributed by atoms with van der Waals surface area (Å²) in [5.74, 6) is 5.03. The van der Waals surface area contributed by atoms with E-state index in [4.69, 9.17) is 5.73 Å². The molecule has 0 unspecified atom stereocenters. The quantitative estimate of drug-likeness (QED) is 0.511. The van der Waals surface area contributed by atoms with E-state index in [0.29, 0.717) is 18.4 Å². The number of alkyl halides is 3. The molecule has 0 heterocycles. The van der Waals surface area contributed by atoms with Crippen LogP contribution in [0.2, 0.25) is 0 Å². The maximum absolute atomic E-state index is 12.3. The van der Waals surface area contributed by atoms with Gasteiger partial charge in [0.05, 0.1) is 5.56 Å². The van der Waals surface area contributed by atoms with Gasteiger partial charge in [-0.2, -0.15) is 13.2 Å². The molecule has 1 aromatic rings. The van der Waals surface area contributed by atoms with Crippen LogP contribution in [0.5, 0.6) is 0 Å². The van der Waals surface area contributed by atoms with Crippen LogP contribution in [-0.2, 0) is 11.0 Å². The van der Waals surface area contributed by atoms with Gasteiger partial charge in [-0.05, 0) is 36.8 Å². The van der Waals surface area contributed by atoms with E-state index in [1.54, 1.807) is 6.08 Å². The molecule has 0 aromatic heterocycles. The number of primary amides is 1. The van der Waals surface area contributed by atoms with Gasteiger partial charge in [-0.25, -0.2) is 0 Å². The Morgan fingerprint density at radius 3 is 2.42 bits per heavy atom. The van der Waals surface area contributed by atoms with Crippen molar-refractivity contribution in [1.29, 1.82) is 0 Å². The maximum Gasteiger partial charge on any atom is 0.416 e. The minimum absolute atomic E-state index is 0.505. The Labute approximate surface area is 109 Å². The summed E-state index contributed by atoms with van der Waals surface area (Å²) in [6.07, 6.45) is -0.406. The van der Waals surface area contributed by atoms with E-state index in [1.807, 2.05) is 0 Å². The minimum atomic E-state index is -4.33. The zero-order valence-electron chi connectivity index (χ0n) is 10.00. The van der Waals surface area contributed by atoms with Crippen LogP contribution in [0.3, 0.4) is 0 Å². The van der Waals surface area contributed by atoms with Crippen LogP contribution < -0.4 is 5.73 Å². The number of unbranched alkanes of at least 4 members (excludes halogenated alkanes) is 1. The van der Waals surface area contributed by atoms with Gasteiger partial charge in [0.1, 0.15) is 0 Å². The monoisotopic (exact) mass is 267 g/mol. The van der Waals surface area contributed by atoms with Gasteiger partial charge in [0.2, 0.25) is 5.91 Å². The molecule has 100 valence electrons. The van der Waals surface area contributed by atoms with E-state index in [1.165, 1.54) is 18.2 Å². The fourth-order valence-electron chi connectivity index (χ4n) is 1.26. The average molecular weight is 267 g/mol. The zero-order valence-corrected chi connectivity index (χ0v) is 10.00. The Balaban J connectivity index is 2.53. The average Bonchev–Trinajstić information content (AvgIpc) is 2.32. The first kappa shape index (κ1) is 14.8. The van der Waals surface area contributed by atoms with Crippen molar-refractivity contribution in [1.82, 2.24) is 0 Å². The number of halogens is 3. The second kappa shape index (κ2) is 6.64. The molecular formula is C14H12F3NO. The van der Waals surface area contributed by atoms with Gasteiger partial charge >= 0.3 is 6.18 Å². The van der Waals surface area contributed by atoms with Gasteiger partial charge < -0.3 is 5.73 Å². The highest BCUT2D eigenvalue weighted by atomic mass is 19.4. The van der Waals surface area contributed by atoms with E-state index >= 15 is 0 Å².